The van der Waals surface area contributed by atoms with E-state index in [1.807, 2.05) is 0 Å². The molecule has 1 aromatic rings. The second-order valence-corrected chi connectivity index (χ2v) is 4.51. The minimum absolute atomic E-state index is 0.114. The van der Waals surface area contributed by atoms with E-state index in [-0.39, 0.29) is 6.42 Å². The van der Waals surface area contributed by atoms with Gasteiger partial charge in [0.2, 0.25) is 0 Å². The average Bonchev–Trinajstić information content (AvgIpc) is 2.46. The molecule has 116 valence electrons. The van der Waals surface area contributed by atoms with Crippen molar-refractivity contribution >= 4 is 23.3 Å². The van der Waals surface area contributed by atoms with Crippen molar-refractivity contribution < 1.29 is 27.2 Å². The van der Waals surface area contributed by atoms with Crippen LogP contribution < -0.4 is 5.32 Å². The van der Waals surface area contributed by atoms with Crippen LogP contribution in [0.2, 0.25) is 0 Å². The molecule has 1 unspecified atom stereocenters. The zero-order valence-corrected chi connectivity index (χ0v) is 11.4. The topological polar surface area (TPSA) is 46.2 Å². The fourth-order valence-electron chi connectivity index (χ4n) is 1.54. The first-order valence-corrected chi connectivity index (χ1v) is 6.42. The van der Waals surface area contributed by atoms with Crippen LogP contribution in [0.4, 0.5) is 17.6 Å². The number of Topliss-reactive ketones (excluding diaryl/α,β-unsaturated/α-hetero) is 1. The van der Waals surface area contributed by atoms with Crippen molar-refractivity contribution in [1.29, 1.82) is 0 Å². The molecular formula is C13H12ClF4NO2. The minimum atomic E-state index is -4.86. The minimum Gasteiger partial charge on any atom is -0.340 e. The number of rotatable bonds is 7. The monoisotopic (exact) mass is 325 g/mol. The van der Waals surface area contributed by atoms with Crippen molar-refractivity contribution in [2.24, 2.45) is 0 Å². The highest BCUT2D eigenvalue weighted by molar-refractivity contribution is 6.28. The molecule has 0 bridgehead atoms. The van der Waals surface area contributed by atoms with Crippen molar-refractivity contribution in [2.45, 2.75) is 24.8 Å². The van der Waals surface area contributed by atoms with E-state index in [1.54, 1.807) is 35.6 Å². The Hall–Kier alpha value is -1.63. The van der Waals surface area contributed by atoms with Crippen LogP contribution >= 0.6 is 11.6 Å². The van der Waals surface area contributed by atoms with E-state index in [1.165, 1.54) is 0 Å². The summed E-state index contributed by atoms with van der Waals surface area (Å²) < 4.78 is 50.0. The van der Waals surface area contributed by atoms with Crippen LogP contribution in [0, 0.1) is 0 Å². The molecular weight excluding hydrogens is 314 g/mol. The molecule has 0 saturated carbocycles. The molecule has 0 spiro atoms. The molecule has 0 radical (unpaired) electrons. The summed E-state index contributed by atoms with van der Waals surface area (Å²) in [7, 11) is 0. The van der Waals surface area contributed by atoms with E-state index in [0.717, 1.165) is 0 Å². The van der Waals surface area contributed by atoms with Gasteiger partial charge in [-0.3, -0.25) is 9.59 Å². The molecule has 1 N–H and O–H groups in total. The maximum Gasteiger partial charge on any atom is 0.383 e. The van der Waals surface area contributed by atoms with Crippen LogP contribution in [-0.2, 0) is 16.0 Å². The van der Waals surface area contributed by atoms with Gasteiger partial charge < -0.3 is 5.32 Å². The number of alkyl halides is 5. The normalized spacial score (nSPS) is 13.0. The maximum absolute atomic E-state index is 12.9. The summed E-state index contributed by atoms with van der Waals surface area (Å²) in [4.78, 5) is 22.8. The number of benzene rings is 1. The number of carbonyl (C=O) groups is 2. The Kier molecular flexibility index (Phi) is 6.14. The fraction of sp³-hybridized carbons (Fsp3) is 0.385. The lowest BCUT2D eigenvalue weighted by molar-refractivity contribution is -0.170. The second-order valence-electron chi connectivity index (χ2n) is 4.24. The Morgan fingerprint density at radius 2 is 1.76 bits per heavy atom. The predicted molar refractivity (Wildman–Crippen MR) is 68.8 cm³/mol. The van der Waals surface area contributed by atoms with Crippen molar-refractivity contribution in [1.82, 2.24) is 5.32 Å². The lowest BCUT2D eigenvalue weighted by Gasteiger charge is -2.20. The third kappa shape index (κ3) is 4.70. The molecule has 0 aliphatic carbocycles. The molecule has 0 aliphatic rings. The maximum atomic E-state index is 12.9. The molecule has 0 saturated heterocycles. The van der Waals surface area contributed by atoms with Crippen molar-refractivity contribution in [3.8, 4) is 0 Å². The molecule has 21 heavy (non-hydrogen) atoms. The SMILES string of the molecule is O=C(CCl)C(Cc1ccccc1)NC(=O)C(F)(F)C(F)F. The third-order valence-electron chi connectivity index (χ3n) is 2.69. The standard InChI is InChI=1S/C13H12ClF4NO2/c14-7-10(20)9(6-8-4-2-1-3-5-8)19-12(21)13(17,18)11(15)16/h1-5,9,11H,6-7H2,(H,19,21). The summed E-state index contributed by atoms with van der Waals surface area (Å²) in [5.74, 6) is -8.32. The molecule has 1 atom stereocenters. The van der Waals surface area contributed by atoms with E-state index in [2.05, 4.69) is 0 Å². The van der Waals surface area contributed by atoms with Gasteiger partial charge in [-0.25, -0.2) is 8.78 Å². The van der Waals surface area contributed by atoms with E-state index in [9.17, 15) is 27.2 Å². The summed E-state index contributed by atoms with van der Waals surface area (Å²) in [6.45, 7) is 0. The van der Waals surface area contributed by atoms with Gasteiger partial charge in [-0.1, -0.05) is 30.3 Å². The number of carbonyl (C=O) groups excluding carboxylic acids is 2. The van der Waals surface area contributed by atoms with Gasteiger partial charge >= 0.3 is 12.3 Å². The third-order valence-corrected chi connectivity index (χ3v) is 2.95. The Balaban J connectivity index is 2.85. The highest BCUT2D eigenvalue weighted by atomic mass is 35.5. The first kappa shape index (κ1) is 17.4. The van der Waals surface area contributed by atoms with Crippen LogP contribution in [0.1, 0.15) is 5.56 Å². The Bertz CT molecular complexity index is 496. The first-order valence-electron chi connectivity index (χ1n) is 5.88. The van der Waals surface area contributed by atoms with Gasteiger partial charge in [0.1, 0.15) is 0 Å². The van der Waals surface area contributed by atoms with E-state index in [0.29, 0.717) is 5.56 Å². The number of amides is 1. The Morgan fingerprint density at radius 1 is 1.19 bits per heavy atom. The van der Waals surface area contributed by atoms with E-state index >= 15 is 0 Å². The number of ketones is 1. The molecule has 0 heterocycles. The molecule has 0 aromatic heterocycles. The number of hydrogen-bond donors (Lipinski definition) is 1. The highest BCUT2D eigenvalue weighted by Crippen LogP contribution is 2.23. The van der Waals surface area contributed by atoms with E-state index in [4.69, 9.17) is 11.6 Å². The van der Waals surface area contributed by atoms with Crippen LogP contribution in [0.3, 0.4) is 0 Å². The van der Waals surface area contributed by atoms with Gasteiger partial charge in [0, 0.05) is 0 Å². The van der Waals surface area contributed by atoms with Gasteiger partial charge in [0.05, 0.1) is 11.9 Å². The van der Waals surface area contributed by atoms with E-state index < -0.39 is 36.0 Å². The zero-order chi connectivity index (χ0) is 16.0. The smallest absolute Gasteiger partial charge is 0.340 e. The number of nitrogens with one attached hydrogen (secondary N) is 1. The number of halogens is 5. The van der Waals surface area contributed by atoms with Gasteiger partial charge in [0.15, 0.2) is 5.78 Å². The fourth-order valence-corrected chi connectivity index (χ4v) is 1.73. The predicted octanol–water partition coefficient (Wildman–Crippen LogP) is 2.42. The molecule has 0 fully saturated rings. The summed E-state index contributed by atoms with van der Waals surface area (Å²) in [5, 5.41) is 1.63. The molecule has 0 aliphatic heterocycles. The Labute approximate surface area is 123 Å². The van der Waals surface area contributed by atoms with Gasteiger partial charge in [0.25, 0.3) is 5.91 Å². The van der Waals surface area contributed by atoms with Crippen molar-refractivity contribution in [3.05, 3.63) is 35.9 Å². The van der Waals surface area contributed by atoms with Gasteiger partial charge in [-0.05, 0) is 12.0 Å². The zero-order valence-electron chi connectivity index (χ0n) is 10.7. The van der Waals surface area contributed by atoms with Crippen LogP contribution in [0.15, 0.2) is 30.3 Å². The van der Waals surface area contributed by atoms with Gasteiger partial charge in [-0.2, -0.15) is 8.78 Å². The highest BCUT2D eigenvalue weighted by Gasteiger charge is 2.49. The van der Waals surface area contributed by atoms with Crippen molar-refractivity contribution in [2.75, 3.05) is 5.88 Å². The summed E-state index contributed by atoms with van der Waals surface area (Å²) in [6.07, 6.45) is -4.27. The lowest BCUT2D eigenvalue weighted by atomic mass is 10.0. The van der Waals surface area contributed by atoms with Crippen molar-refractivity contribution in [3.63, 3.8) is 0 Å². The lowest BCUT2D eigenvalue weighted by Crippen LogP contribution is -2.52. The summed E-state index contributed by atoms with van der Waals surface area (Å²) >= 11 is 5.34. The quantitative estimate of drug-likeness (QED) is 0.618. The summed E-state index contributed by atoms with van der Waals surface area (Å²) in [5.41, 5.74) is 0.571. The largest absolute Gasteiger partial charge is 0.383 e. The average molecular weight is 326 g/mol. The van der Waals surface area contributed by atoms with Gasteiger partial charge in [-0.15, -0.1) is 11.6 Å². The second kappa shape index (κ2) is 7.40. The number of hydrogen-bond acceptors (Lipinski definition) is 2. The molecule has 3 nitrogen and oxygen atoms in total. The van der Waals surface area contributed by atoms with Crippen LogP contribution in [-0.4, -0.2) is 36.0 Å². The van der Waals surface area contributed by atoms with Crippen LogP contribution in [0.25, 0.3) is 0 Å². The molecule has 1 amide bonds. The van der Waals surface area contributed by atoms with Crippen LogP contribution in [0.5, 0.6) is 0 Å². The molecule has 1 rings (SSSR count). The first-order chi connectivity index (χ1) is 9.78. The molecule has 1 aromatic carbocycles. The Morgan fingerprint density at radius 3 is 2.24 bits per heavy atom. The summed E-state index contributed by atoms with van der Waals surface area (Å²) in [6, 6.07) is 6.81. The molecule has 8 heteroatoms.